The Morgan fingerprint density at radius 1 is 1.25 bits per heavy atom. The highest BCUT2D eigenvalue weighted by molar-refractivity contribution is 5.53. The predicted octanol–water partition coefficient (Wildman–Crippen LogP) is 1.82. The van der Waals surface area contributed by atoms with Gasteiger partial charge in [-0.05, 0) is 18.2 Å². The van der Waals surface area contributed by atoms with Crippen LogP contribution in [0.1, 0.15) is 5.69 Å². The van der Waals surface area contributed by atoms with Crippen molar-refractivity contribution < 1.29 is 4.39 Å². The number of rotatable bonds is 3. The van der Waals surface area contributed by atoms with Gasteiger partial charge in [-0.15, -0.1) is 0 Å². The van der Waals surface area contributed by atoms with Gasteiger partial charge in [-0.2, -0.15) is 0 Å². The Balaban J connectivity index is 2.24. The van der Waals surface area contributed by atoms with Gasteiger partial charge < -0.3 is 11.1 Å². The minimum atomic E-state index is -0.343. The summed E-state index contributed by atoms with van der Waals surface area (Å²) >= 11 is 0. The molecular weight excluding hydrogens is 207 g/mol. The van der Waals surface area contributed by atoms with Crippen LogP contribution in [0.3, 0.4) is 0 Å². The number of halogens is 1. The summed E-state index contributed by atoms with van der Waals surface area (Å²) in [6, 6.07) is 8.06. The number of nitrogens with two attached hydrogens (primary N) is 1. The molecule has 0 saturated heterocycles. The zero-order valence-electron chi connectivity index (χ0n) is 8.52. The molecule has 5 heteroatoms. The molecule has 0 bridgehead atoms. The van der Waals surface area contributed by atoms with Crippen molar-refractivity contribution in [1.82, 2.24) is 9.97 Å². The van der Waals surface area contributed by atoms with Gasteiger partial charge in [0.1, 0.15) is 5.82 Å². The molecule has 0 atom stereocenters. The maximum atomic E-state index is 13.3. The van der Waals surface area contributed by atoms with Gasteiger partial charge in [-0.3, -0.25) is 0 Å². The highest BCUT2D eigenvalue weighted by atomic mass is 19.1. The largest absolute Gasteiger partial charge is 0.325 e. The number of para-hydroxylation sites is 1. The molecular formula is C11H11FN4. The third-order valence-electron chi connectivity index (χ3n) is 2.04. The van der Waals surface area contributed by atoms with E-state index in [0.29, 0.717) is 23.9 Å². The SMILES string of the molecule is NCc1ccnc(Nc2ccccc2F)n1. The fourth-order valence-corrected chi connectivity index (χ4v) is 1.25. The number of nitrogens with zero attached hydrogens (tertiary/aromatic N) is 2. The fraction of sp³-hybridized carbons (Fsp3) is 0.0909. The number of hydrogen-bond acceptors (Lipinski definition) is 4. The second-order valence-electron chi connectivity index (χ2n) is 3.18. The molecule has 3 N–H and O–H groups in total. The average Bonchev–Trinajstić information content (AvgIpc) is 2.32. The summed E-state index contributed by atoms with van der Waals surface area (Å²) in [5.41, 5.74) is 6.50. The summed E-state index contributed by atoms with van der Waals surface area (Å²) in [7, 11) is 0. The van der Waals surface area contributed by atoms with Crippen molar-refractivity contribution in [3.63, 3.8) is 0 Å². The number of aromatic nitrogens is 2. The lowest BCUT2D eigenvalue weighted by atomic mass is 10.3. The Hall–Kier alpha value is -2.01. The second kappa shape index (κ2) is 4.67. The van der Waals surface area contributed by atoms with E-state index in [0.717, 1.165) is 0 Å². The first-order valence-corrected chi connectivity index (χ1v) is 4.83. The molecule has 82 valence electrons. The molecule has 2 aromatic rings. The van der Waals surface area contributed by atoms with Crippen LogP contribution in [-0.2, 0) is 6.54 Å². The van der Waals surface area contributed by atoms with Gasteiger partial charge in [0.05, 0.1) is 11.4 Å². The summed E-state index contributed by atoms with van der Waals surface area (Å²) in [6.45, 7) is 0.328. The summed E-state index contributed by atoms with van der Waals surface area (Å²) in [5, 5.41) is 2.79. The van der Waals surface area contributed by atoms with E-state index in [2.05, 4.69) is 15.3 Å². The molecule has 16 heavy (non-hydrogen) atoms. The fourth-order valence-electron chi connectivity index (χ4n) is 1.25. The zero-order valence-corrected chi connectivity index (χ0v) is 8.52. The lowest BCUT2D eigenvalue weighted by Crippen LogP contribution is -2.04. The van der Waals surface area contributed by atoms with Gasteiger partial charge in [0.25, 0.3) is 0 Å². The topological polar surface area (TPSA) is 63.8 Å². The minimum absolute atomic E-state index is 0.328. The zero-order chi connectivity index (χ0) is 11.4. The molecule has 0 saturated carbocycles. The van der Waals surface area contributed by atoms with Gasteiger partial charge in [-0.1, -0.05) is 12.1 Å². The van der Waals surface area contributed by atoms with Crippen molar-refractivity contribution >= 4 is 11.6 Å². The van der Waals surface area contributed by atoms with Crippen molar-refractivity contribution in [3.05, 3.63) is 48.0 Å². The Bertz CT molecular complexity index is 487. The standard InChI is InChI=1S/C11H11FN4/c12-9-3-1-2-4-10(9)16-11-14-6-5-8(7-13)15-11/h1-6H,7,13H2,(H,14,15,16). The van der Waals surface area contributed by atoms with Crippen molar-refractivity contribution in [2.24, 2.45) is 5.73 Å². The molecule has 0 spiro atoms. The first kappa shape index (κ1) is 10.5. The average molecular weight is 218 g/mol. The van der Waals surface area contributed by atoms with Crippen LogP contribution in [0.5, 0.6) is 0 Å². The number of hydrogen-bond donors (Lipinski definition) is 2. The number of nitrogens with one attached hydrogen (secondary N) is 1. The van der Waals surface area contributed by atoms with E-state index in [4.69, 9.17) is 5.73 Å². The minimum Gasteiger partial charge on any atom is -0.325 e. The van der Waals surface area contributed by atoms with E-state index in [-0.39, 0.29) is 5.82 Å². The van der Waals surface area contributed by atoms with Crippen molar-refractivity contribution in [2.45, 2.75) is 6.54 Å². The molecule has 0 amide bonds. The van der Waals surface area contributed by atoms with Crippen molar-refractivity contribution in [1.29, 1.82) is 0 Å². The molecule has 4 nitrogen and oxygen atoms in total. The van der Waals surface area contributed by atoms with Gasteiger partial charge in [0.2, 0.25) is 5.95 Å². The van der Waals surface area contributed by atoms with Crippen LogP contribution in [0, 0.1) is 5.82 Å². The summed E-state index contributed by atoms with van der Waals surface area (Å²) in [6.07, 6.45) is 1.58. The van der Waals surface area contributed by atoms with E-state index >= 15 is 0 Å². The van der Waals surface area contributed by atoms with E-state index < -0.39 is 0 Å². The predicted molar refractivity (Wildman–Crippen MR) is 59.6 cm³/mol. The Morgan fingerprint density at radius 3 is 2.81 bits per heavy atom. The Kier molecular flexibility index (Phi) is 3.07. The molecule has 0 unspecified atom stereocenters. The monoisotopic (exact) mass is 218 g/mol. The highest BCUT2D eigenvalue weighted by Gasteiger charge is 2.02. The van der Waals surface area contributed by atoms with E-state index in [9.17, 15) is 4.39 Å². The third-order valence-corrected chi connectivity index (χ3v) is 2.04. The number of anilines is 2. The summed E-state index contributed by atoms with van der Waals surface area (Å²) in [4.78, 5) is 8.09. The Morgan fingerprint density at radius 2 is 2.06 bits per heavy atom. The van der Waals surface area contributed by atoms with E-state index in [1.54, 1.807) is 30.5 Å². The maximum absolute atomic E-state index is 13.3. The Labute approximate surface area is 92.3 Å². The van der Waals surface area contributed by atoms with Gasteiger partial charge in [-0.25, -0.2) is 14.4 Å². The maximum Gasteiger partial charge on any atom is 0.227 e. The molecule has 1 heterocycles. The van der Waals surface area contributed by atoms with Crippen molar-refractivity contribution in [2.75, 3.05) is 5.32 Å². The molecule has 1 aromatic heterocycles. The second-order valence-corrected chi connectivity index (χ2v) is 3.18. The van der Waals surface area contributed by atoms with Crippen LogP contribution < -0.4 is 11.1 Å². The van der Waals surface area contributed by atoms with Gasteiger partial charge in [0, 0.05) is 12.7 Å². The lowest BCUT2D eigenvalue weighted by Gasteiger charge is -2.06. The van der Waals surface area contributed by atoms with Crippen LogP contribution in [0.2, 0.25) is 0 Å². The number of benzene rings is 1. The molecule has 0 aliphatic rings. The summed E-state index contributed by atoms with van der Waals surface area (Å²) in [5.74, 6) is -0.00250. The van der Waals surface area contributed by atoms with Crippen LogP contribution in [0.4, 0.5) is 16.0 Å². The van der Waals surface area contributed by atoms with Crippen molar-refractivity contribution in [3.8, 4) is 0 Å². The first-order valence-electron chi connectivity index (χ1n) is 4.83. The molecule has 0 aliphatic carbocycles. The molecule has 0 fully saturated rings. The quantitative estimate of drug-likeness (QED) is 0.824. The van der Waals surface area contributed by atoms with Crippen LogP contribution in [-0.4, -0.2) is 9.97 Å². The van der Waals surface area contributed by atoms with Crippen LogP contribution in [0.15, 0.2) is 36.5 Å². The summed E-state index contributed by atoms with van der Waals surface area (Å²) < 4.78 is 13.3. The van der Waals surface area contributed by atoms with Gasteiger partial charge >= 0.3 is 0 Å². The van der Waals surface area contributed by atoms with E-state index in [1.165, 1.54) is 6.07 Å². The first-order chi connectivity index (χ1) is 7.79. The molecule has 1 aromatic carbocycles. The molecule has 2 rings (SSSR count). The highest BCUT2D eigenvalue weighted by Crippen LogP contribution is 2.16. The van der Waals surface area contributed by atoms with Crippen LogP contribution >= 0.6 is 0 Å². The van der Waals surface area contributed by atoms with Gasteiger partial charge in [0.15, 0.2) is 0 Å². The molecule has 0 radical (unpaired) electrons. The molecule has 0 aliphatic heterocycles. The van der Waals surface area contributed by atoms with Crippen LogP contribution in [0.25, 0.3) is 0 Å². The third kappa shape index (κ3) is 2.32. The van der Waals surface area contributed by atoms with E-state index in [1.807, 2.05) is 0 Å². The smallest absolute Gasteiger partial charge is 0.227 e. The normalized spacial score (nSPS) is 10.1. The lowest BCUT2D eigenvalue weighted by molar-refractivity contribution is 0.631.